The Labute approximate surface area is 301 Å². The lowest BCUT2D eigenvalue weighted by atomic mass is 9.93. The number of allylic oxidation sites excluding steroid dienone is 8. The lowest BCUT2D eigenvalue weighted by Crippen LogP contribution is -2.19. The second-order valence-corrected chi connectivity index (χ2v) is 12.9. The highest BCUT2D eigenvalue weighted by molar-refractivity contribution is 6.48. The van der Waals surface area contributed by atoms with Gasteiger partial charge in [-0.1, -0.05) is 79.7 Å². The molecule has 13 nitrogen and oxygen atoms in total. The molecular weight excluding hydrogens is 670 g/mol. The summed E-state index contributed by atoms with van der Waals surface area (Å²) >= 11 is 0. The van der Waals surface area contributed by atoms with Gasteiger partial charge in [-0.15, -0.1) is 4.74 Å². The van der Waals surface area contributed by atoms with Crippen LogP contribution in [-0.4, -0.2) is 37.7 Å². The Morgan fingerprint density at radius 2 is 1.13 bits per heavy atom. The molecule has 0 amide bonds. The predicted octanol–water partition coefficient (Wildman–Crippen LogP) is 7.73. The van der Waals surface area contributed by atoms with Crippen LogP contribution in [-0.2, 0) is 19.2 Å². The van der Waals surface area contributed by atoms with Crippen LogP contribution in [0.5, 0.6) is 0 Å². The normalized spacial score (nSPS) is 13.5. The summed E-state index contributed by atoms with van der Waals surface area (Å²) in [6.45, 7) is 15.5. The quantitative estimate of drug-likeness (QED) is 0.0770. The number of aromatic nitrogens is 1. The summed E-state index contributed by atoms with van der Waals surface area (Å²) in [5, 5.41) is 20.8. The van der Waals surface area contributed by atoms with Crippen LogP contribution in [0.3, 0.4) is 0 Å². The molecule has 2 aliphatic carbocycles. The van der Waals surface area contributed by atoms with Gasteiger partial charge in [0.1, 0.15) is 6.26 Å². The SMILES string of the molecule is CC(C)C1=CC(=O)C=CC1=O.CC(C)C1=CC=CC(=O)C1=O.CC(C)c1ccc([N+](=O)[O-])cc1.CC(C)c1con(-c2ccc([N+](=O)[O-])cc2)c1=O. The van der Waals surface area contributed by atoms with Gasteiger partial charge in [-0.3, -0.25) is 44.2 Å². The van der Waals surface area contributed by atoms with Crippen molar-refractivity contribution < 1.29 is 33.5 Å². The van der Waals surface area contributed by atoms with E-state index < -0.39 is 10.7 Å². The Hall–Kier alpha value is -6.11. The van der Waals surface area contributed by atoms with Gasteiger partial charge in [0.05, 0.1) is 21.1 Å². The van der Waals surface area contributed by atoms with Crippen LogP contribution in [0.25, 0.3) is 5.69 Å². The first-order valence-electron chi connectivity index (χ1n) is 16.5. The topological polar surface area (TPSA) is 190 Å². The molecule has 0 aliphatic heterocycles. The highest BCUT2D eigenvalue weighted by Gasteiger charge is 2.21. The van der Waals surface area contributed by atoms with Crippen LogP contribution in [0.1, 0.15) is 78.4 Å². The lowest BCUT2D eigenvalue weighted by Gasteiger charge is -2.09. The highest BCUT2D eigenvalue weighted by Crippen LogP contribution is 2.19. The number of nitro groups is 2. The van der Waals surface area contributed by atoms with Gasteiger partial charge in [0, 0.05) is 35.4 Å². The molecule has 0 saturated carbocycles. The van der Waals surface area contributed by atoms with Gasteiger partial charge in [-0.05, 0) is 65.7 Å². The van der Waals surface area contributed by atoms with Crippen molar-refractivity contribution in [3.8, 4) is 5.69 Å². The Kier molecular flexibility index (Phi) is 15.6. The first kappa shape index (κ1) is 42.1. The zero-order valence-corrected chi connectivity index (χ0v) is 30.4. The zero-order chi connectivity index (χ0) is 39.3. The average Bonchev–Trinajstić information content (AvgIpc) is 3.49. The van der Waals surface area contributed by atoms with Crippen molar-refractivity contribution in [3.63, 3.8) is 0 Å². The number of Topliss-reactive ketones (excluding diaryl/α,β-unsaturated/α-hetero) is 1. The van der Waals surface area contributed by atoms with Gasteiger partial charge in [0.2, 0.25) is 11.6 Å². The van der Waals surface area contributed by atoms with Crippen molar-refractivity contribution in [1.29, 1.82) is 0 Å². The van der Waals surface area contributed by atoms with Crippen molar-refractivity contribution in [2.75, 3.05) is 0 Å². The van der Waals surface area contributed by atoms with E-state index in [4.69, 9.17) is 4.52 Å². The van der Waals surface area contributed by atoms with Gasteiger partial charge in [0.15, 0.2) is 11.6 Å². The molecule has 0 spiro atoms. The number of carbonyl (C=O) groups is 4. The van der Waals surface area contributed by atoms with Crippen molar-refractivity contribution in [2.24, 2.45) is 11.8 Å². The summed E-state index contributed by atoms with van der Waals surface area (Å²) in [7, 11) is 0. The second kappa shape index (κ2) is 19.3. The van der Waals surface area contributed by atoms with E-state index in [1.54, 1.807) is 24.3 Å². The Balaban J connectivity index is 0.000000247. The zero-order valence-electron chi connectivity index (χ0n) is 30.4. The highest BCUT2D eigenvalue weighted by atomic mass is 16.6. The monoisotopic (exact) mass is 713 g/mol. The number of ketones is 4. The maximum absolute atomic E-state index is 12.0. The van der Waals surface area contributed by atoms with Crippen LogP contribution < -0.4 is 5.56 Å². The lowest BCUT2D eigenvalue weighted by molar-refractivity contribution is -0.385. The molecule has 5 rings (SSSR count). The molecule has 2 aliphatic rings. The van der Waals surface area contributed by atoms with Crippen LogP contribution >= 0.6 is 0 Å². The standard InChI is InChI=1S/C12H12N2O4.C9H11NO2.2C9H10O2/c1-8(2)11-7-18-13(12(11)15)9-3-5-10(6-4-9)14(16)17;1-7(2)8-3-5-9(6-4-8)10(11)12;1-6(2)8-5-7(10)3-4-9(8)11;1-6(2)7-4-3-5-8(10)9(7)11/h3-8H,1-2H3;3-7H,1-2H3;2*3-6H,1-2H3. The van der Waals surface area contributed by atoms with Crippen molar-refractivity contribution >= 4 is 34.5 Å². The van der Waals surface area contributed by atoms with E-state index in [0.717, 1.165) is 10.3 Å². The molecule has 52 heavy (non-hydrogen) atoms. The first-order valence-corrected chi connectivity index (χ1v) is 16.5. The molecule has 0 radical (unpaired) electrons. The fourth-order valence-electron chi connectivity index (χ4n) is 4.54. The Bertz CT molecular complexity index is 1960. The average molecular weight is 714 g/mol. The van der Waals surface area contributed by atoms with Crippen molar-refractivity contribution in [2.45, 2.75) is 67.2 Å². The van der Waals surface area contributed by atoms with Crippen molar-refractivity contribution in [1.82, 2.24) is 4.74 Å². The molecular formula is C39H43N3O10. The molecule has 1 heterocycles. The third-order valence-electron chi connectivity index (χ3n) is 7.64. The number of carbonyl (C=O) groups excluding carboxylic acids is 4. The molecule has 2 aromatic carbocycles. The number of rotatable bonds is 7. The molecule has 0 fully saturated rings. The number of non-ortho nitro benzene ring substituents is 2. The summed E-state index contributed by atoms with van der Waals surface area (Å²) in [6.07, 6.45) is 10.1. The minimum Gasteiger partial charge on any atom is -0.379 e. The first-order chi connectivity index (χ1) is 24.3. The Morgan fingerprint density at radius 1 is 0.615 bits per heavy atom. The summed E-state index contributed by atoms with van der Waals surface area (Å²) in [5.74, 6) is -0.134. The summed E-state index contributed by atoms with van der Waals surface area (Å²) < 4.78 is 6.30. The second-order valence-electron chi connectivity index (χ2n) is 12.9. The molecule has 0 N–H and O–H groups in total. The van der Waals surface area contributed by atoms with Crippen LogP contribution in [0.15, 0.2) is 112 Å². The fraction of sp³-hybridized carbons (Fsp3) is 0.308. The largest absolute Gasteiger partial charge is 0.379 e. The van der Waals surface area contributed by atoms with Crippen LogP contribution in [0, 0.1) is 32.1 Å². The van der Waals surface area contributed by atoms with E-state index in [1.165, 1.54) is 67.0 Å². The number of hydrogen-bond acceptors (Lipinski definition) is 10. The number of benzene rings is 2. The summed E-state index contributed by atoms with van der Waals surface area (Å²) in [4.78, 5) is 75.7. The molecule has 274 valence electrons. The number of nitrogens with zero attached hydrogens (tertiary/aromatic N) is 3. The van der Waals surface area contributed by atoms with Crippen LogP contribution in [0.2, 0.25) is 0 Å². The smallest absolute Gasteiger partial charge is 0.290 e. The summed E-state index contributed by atoms with van der Waals surface area (Å²) in [6, 6.07) is 12.3. The maximum atomic E-state index is 12.0. The minimum atomic E-state index is -0.492. The molecule has 3 aromatic rings. The molecule has 13 heteroatoms. The Morgan fingerprint density at radius 3 is 1.54 bits per heavy atom. The van der Waals surface area contributed by atoms with E-state index >= 15 is 0 Å². The third-order valence-corrected chi connectivity index (χ3v) is 7.64. The van der Waals surface area contributed by atoms with E-state index in [-0.39, 0.29) is 57.0 Å². The molecule has 0 bridgehead atoms. The van der Waals surface area contributed by atoms with Crippen LogP contribution in [0.4, 0.5) is 11.4 Å². The molecule has 0 saturated heterocycles. The number of hydrogen-bond donors (Lipinski definition) is 0. The fourth-order valence-corrected chi connectivity index (χ4v) is 4.54. The van der Waals surface area contributed by atoms with E-state index in [1.807, 2.05) is 41.5 Å². The molecule has 0 atom stereocenters. The molecule has 1 aromatic heterocycles. The minimum absolute atomic E-state index is 0.0255. The maximum Gasteiger partial charge on any atom is 0.290 e. The van der Waals surface area contributed by atoms with Gasteiger partial charge in [0.25, 0.3) is 16.9 Å². The van der Waals surface area contributed by atoms with Gasteiger partial charge in [-0.25, -0.2) is 0 Å². The predicted molar refractivity (Wildman–Crippen MR) is 196 cm³/mol. The van der Waals surface area contributed by atoms with Crippen molar-refractivity contribution in [3.05, 3.63) is 144 Å². The van der Waals surface area contributed by atoms with E-state index in [9.17, 15) is 44.2 Å². The third kappa shape index (κ3) is 12.0. The summed E-state index contributed by atoms with van der Waals surface area (Å²) in [5.41, 5.74) is 3.28. The van der Waals surface area contributed by atoms with E-state index in [0.29, 0.717) is 28.3 Å². The van der Waals surface area contributed by atoms with Gasteiger partial charge in [-0.2, -0.15) is 0 Å². The van der Waals surface area contributed by atoms with Gasteiger partial charge >= 0.3 is 0 Å². The molecule has 0 unspecified atom stereocenters. The van der Waals surface area contributed by atoms with Gasteiger partial charge < -0.3 is 4.52 Å². The van der Waals surface area contributed by atoms with E-state index in [2.05, 4.69) is 13.8 Å². The number of nitro benzene ring substituents is 2.